The molecule has 0 aliphatic carbocycles. The fourth-order valence-electron chi connectivity index (χ4n) is 2.61. The van der Waals surface area contributed by atoms with Gasteiger partial charge in [-0.3, -0.25) is 0 Å². The molecule has 1 saturated heterocycles. The van der Waals surface area contributed by atoms with Gasteiger partial charge in [0.1, 0.15) is 16.9 Å². The van der Waals surface area contributed by atoms with Crippen LogP contribution >= 0.6 is 11.6 Å². The third-order valence-corrected chi connectivity index (χ3v) is 3.71. The van der Waals surface area contributed by atoms with Crippen LogP contribution in [0.5, 0.6) is 0 Å². The van der Waals surface area contributed by atoms with E-state index in [1.165, 1.54) is 0 Å². The number of aryl methyl sites for hydroxylation is 1. The summed E-state index contributed by atoms with van der Waals surface area (Å²) >= 11 is 6.03. The molecule has 0 radical (unpaired) electrons. The fraction of sp³-hybridized carbons (Fsp3) is 0.615. The molecule has 21 heavy (non-hydrogen) atoms. The van der Waals surface area contributed by atoms with E-state index in [-0.39, 0.29) is 5.28 Å². The summed E-state index contributed by atoms with van der Waals surface area (Å²) in [5.41, 5.74) is 0.207. The fourth-order valence-corrected chi connectivity index (χ4v) is 2.77. The molecule has 1 aliphatic rings. The van der Waals surface area contributed by atoms with E-state index in [1.807, 2.05) is 11.6 Å². The van der Waals surface area contributed by atoms with E-state index in [4.69, 9.17) is 16.3 Å². The zero-order chi connectivity index (χ0) is 15.2. The monoisotopic (exact) mass is 311 g/mol. The Bertz CT molecular complexity index is 673. The number of imidazole rings is 1. The number of hydrogen-bond acceptors (Lipinski definition) is 6. The highest BCUT2D eigenvalue weighted by Gasteiger charge is 2.27. The lowest BCUT2D eigenvalue weighted by atomic mass is 10.1. The second kappa shape index (κ2) is 5.08. The van der Waals surface area contributed by atoms with Crippen molar-refractivity contribution in [3.8, 4) is 0 Å². The van der Waals surface area contributed by atoms with Crippen molar-refractivity contribution >= 4 is 28.6 Å². The van der Waals surface area contributed by atoms with Crippen LogP contribution < -0.4 is 4.90 Å². The Balaban J connectivity index is 2.21. The van der Waals surface area contributed by atoms with Crippen molar-refractivity contribution in [1.29, 1.82) is 0 Å². The minimum Gasteiger partial charge on any atom is -0.383 e. The van der Waals surface area contributed by atoms with E-state index in [1.54, 1.807) is 13.8 Å². The zero-order valence-electron chi connectivity index (χ0n) is 12.3. The van der Waals surface area contributed by atoms with E-state index in [2.05, 4.69) is 19.9 Å². The Kier molecular flexibility index (Phi) is 3.51. The van der Waals surface area contributed by atoms with Gasteiger partial charge in [0, 0.05) is 20.1 Å². The molecule has 0 aromatic carbocycles. The molecule has 0 spiro atoms. The Morgan fingerprint density at radius 3 is 2.48 bits per heavy atom. The first kappa shape index (κ1) is 14.5. The number of anilines is 1. The molecule has 0 saturated carbocycles. The van der Waals surface area contributed by atoms with E-state index in [0.29, 0.717) is 24.7 Å². The summed E-state index contributed by atoms with van der Waals surface area (Å²) in [6.07, 6.45) is 0. The summed E-state index contributed by atoms with van der Waals surface area (Å²) in [6, 6.07) is 0. The van der Waals surface area contributed by atoms with E-state index >= 15 is 0 Å². The van der Waals surface area contributed by atoms with Crippen molar-refractivity contribution in [2.45, 2.75) is 19.4 Å². The highest BCUT2D eigenvalue weighted by atomic mass is 35.5. The van der Waals surface area contributed by atoms with Crippen molar-refractivity contribution in [2.75, 3.05) is 31.2 Å². The Labute approximate surface area is 127 Å². The lowest BCUT2D eigenvalue weighted by molar-refractivity contribution is 0.0663. The molecule has 1 aliphatic heterocycles. The molecule has 1 N–H and O–H groups in total. The van der Waals surface area contributed by atoms with Gasteiger partial charge in [-0.05, 0) is 25.4 Å². The van der Waals surface area contributed by atoms with Gasteiger partial charge in [0.2, 0.25) is 5.28 Å². The number of morpholine rings is 1. The van der Waals surface area contributed by atoms with Crippen molar-refractivity contribution in [1.82, 2.24) is 19.5 Å². The molecule has 0 unspecified atom stereocenters. The maximum Gasteiger partial charge on any atom is 0.226 e. The Morgan fingerprint density at radius 1 is 1.19 bits per heavy atom. The van der Waals surface area contributed by atoms with Gasteiger partial charge < -0.3 is 19.3 Å². The minimum absolute atomic E-state index is 0.157. The second-order valence-electron chi connectivity index (χ2n) is 5.64. The molecule has 7 nitrogen and oxygen atoms in total. The second-order valence-corrected chi connectivity index (χ2v) is 5.98. The van der Waals surface area contributed by atoms with Crippen LogP contribution in [-0.4, -0.2) is 50.9 Å². The first-order valence-corrected chi connectivity index (χ1v) is 7.21. The average Bonchev–Trinajstić information content (AvgIpc) is 2.76. The summed E-state index contributed by atoms with van der Waals surface area (Å²) in [7, 11) is 1.85. The van der Waals surface area contributed by atoms with Gasteiger partial charge >= 0.3 is 0 Å². The molecule has 114 valence electrons. The van der Waals surface area contributed by atoms with Crippen molar-refractivity contribution in [2.24, 2.45) is 7.05 Å². The number of fused-ring (bicyclic) bond motifs is 1. The van der Waals surface area contributed by atoms with Crippen molar-refractivity contribution < 1.29 is 9.84 Å². The molecule has 3 rings (SSSR count). The maximum atomic E-state index is 10.2. The Hall–Kier alpha value is -1.44. The van der Waals surface area contributed by atoms with Gasteiger partial charge in [-0.1, -0.05) is 0 Å². The standard InChI is InChI=1S/C13H18ClN5O2/c1-13(2,20)11-15-9-8(18(11)3)10(17-12(14)16-9)19-4-6-21-7-5-19/h20H,4-7H2,1-3H3. The Morgan fingerprint density at radius 2 is 1.86 bits per heavy atom. The topological polar surface area (TPSA) is 76.3 Å². The quantitative estimate of drug-likeness (QED) is 0.836. The van der Waals surface area contributed by atoms with Crippen LogP contribution in [0.15, 0.2) is 0 Å². The largest absolute Gasteiger partial charge is 0.383 e. The number of aromatic nitrogens is 4. The third-order valence-electron chi connectivity index (χ3n) is 3.54. The molecule has 3 heterocycles. The summed E-state index contributed by atoms with van der Waals surface area (Å²) in [5, 5.41) is 10.4. The van der Waals surface area contributed by atoms with E-state index in [9.17, 15) is 5.11 Å². The molecular weight excluding hydrogens is 294 g/mol. The van der Waals surface area contributed by atoms with Crippen molar-refractivity contribution in [3.63, 3.8) is 0 Å². The number of ether oxygens (including phenoxy) is 1. The summed E-state index contributed by atoms with van der Waals surface area (Å²) in [5.74, 6) is 1.27. The number of rotatable bonds is 2. The summed E-state index contributed by atoms with van der Waals surface area (Å²) in [4.78, 5) is 15.1. The van der Waals surface area contributed by atoms with E-state index < -0.39 is 5.60 Å². The number of nitrogens with zero attached hydrogens (tertiary/aromatic N) is 5. The number of hydrogen-bond donors (Lipinski definition) is 1. The normalized spacial score (nSPS) is 16.7. The van der Waals surface area contributed by atoms with E-state index in [0.717, 1.165) is 24.4 Å². The van der Waals surface area contributed by atoms with Gasteiger partial charge in [-0.25, -0.2) is 4.98 Å². The molecule has 0 bridgehead atoms. The van der Waals surface area contributed by atoms with Gasteiger partial charge in [0.25, 0.3) is 0 Å². The molecular formula is C13H18ClN5O2. The third kappa shape index (κ3) is 2.56. The highest BCUT2D eigenvalue weighted by Crippen LogP contribution is 2.29. The summed E-state index contributed by atoms with van der Waals surface area (Å²) in [6.45, 7) is 6.17. The zero-order valence-corrected chi connectivity index (χ0v) is 13.1. The first-order chi connectivity index (χ1) is 9.88. The van der Waals surface area contributed by atoms with Crippen LogP contribution in [0.25, 0.3) is 11.2 Å². The van der Waals surface area contributed by atoms with Crippen LogP contribution in [0.1, 0.15) is 19.7 Å². The van der Waals surface area contributed by atoms with Gasteiger partial charge in [-0.2, -0.15) is 9.97 Å². The minimum atomic E-state index is -1.07. The average molecular weight is 312 g/mol. The van der Waals surface area contributed by atoms with Crippen LogP contribution in [0, 0.1) is 0 Å². The van der Waals surface area contributed by atoms with Crippen LogP contribution in [-0.2, 0) is 17.4 Å². The van der Waals surface area contributed by atoms with Crippen LogP contribution in [0.4, 0.5) is 5.82 Å². The molecule has 1 fully saturated rings. The van der Waals surface area contributed by atoms with Gasteiger partial charge in [0.15, 0.2) is 11.5 Å². The maximum absolute atomic E-state index is 10.2. The number of aliphatic hydroxyl groups is 1. The molecule has 8 heteroatoms. The van der Waals surface area contributed by atoms with Crippen LogP contribution in [0.2, 0.25) is 5.28 Å². The van der Waals surface area contributed by atoms with Gasteiger partial charge in [0.05, 0.1) is 13.2 Å². The van der Waals surface area contributed by atoms with Gasteiger partial charge in [-0.15, -0.1) is 0 Å². The SMILES string of the molecule is Cn1c(C(C)(C)O)nc2nc(Cl)nc(N3CCOCC3)c21. The lowest BCUT2D eigenvalue weighted by Crippen LogP contribution is -2.37. The number of halogens is 1. The molecule has 0 atom stereocenters. The molecule has 2 aromatic rings. The lowest BCUT2D eigenvalue weighted by Gasteiger charge is -2.28. The molecule has 0 amide bonds. The highest BCUT2D eigenvalue weighted by molar-refractivity contribution is 6.28. The predicted octanol–water partition coefficient (Wildman–Crippen LogP) is 1.08. The predicted molar refractivity (Wildman–Crippen MR) is 79.6 cm³/mol. The smallest absolute Gasteiger partial charge is 0.226 e. The van der Waals surface area contributed by atoms with Crippen LogP contribution in [0.3, 0.4) is 0 Å². The summed E-state index contributed by atoms with van der Waals surface area (Å²) < 4.78 is 7.20. The molecule has 2 aromatic heterocycles. The first-order valence-electron chi connectivity index (χ1n) is 6.83. The van der Waals surface area contributed by atoms with Crippen molar-refractivity contribution in [3.05, 3.63) is 11.1 Å².